The van der Waals surface area contributed by atoms with Crippen molar-refractivity contribution in [1.82, 2.24) is 25.1 Å². The minimum absolute atomic E-state index is 0.196. The first kappa shape index (κ1) is 18.0. The van der Waals surface area contributed by atoms with Crippen molar-refractivity contribution in [2.24, 2.45) is 0 Å². The molecular formula is C18H27N5O2. The van der Waals surface area contributed by atoms with E-state index in [1.807, 2.05) is 0 Å². The molecule has 1 saturated heterocycles. The summed E-state index contributed by atoms with van der Waals surface area (Å²) < 4.78 is 5.72. The Balaban J connectivity index is 1.51. The fourth-order valence-electron chi connectivity index (χ4n) is 3.29. The van der Waals surface area contributed by atoms with Crippen molar-refractivity contribution in [3.8, 4) is 0 Å². The number of aliphatic hydroxyl groups excluding tert-OH is 1. The van der Waals surface area contributed by atoms with Gasteiger partial charge in [-0.15, -0.1) is 10.2 Å². The first-order chi connectivity index (χ1) is 12.0. The molecule has 2 heterocycles. The Morgan fingerprint density at radius 1 is 1.16 bits per heavy atom. The molecule has 7 nitrogen and oxygen atoms in total. The number of aromatic nitrogens is 4. The lowest BCUT2D eigenvalue weighted by Crippen LogP contribution is -2.48. The van der Waals surface area contributed by atoms with Crippen molar-refractivity contribution >= 4 is 0 Å². The Hall–Kier alpha value is -1.83. The fourth-order valence-corrected chi connectivity index (χ4v) is 3.29. The lowest BCUT2D eigenvalue weighted by molar-refractivity contribution is -0.0776. The van der Waals surface area contributed by atoms with Crippen LogP contribution in [0.1, 0.15) is 30.8 Å². The van der Waals surface area contributed by atoms with Crippen LogP contribution in [0.5, 0.6) is 0 Å². The molecule has 25 heavy (non-hydrogen) atoms. The number of β-amino-alcohol motifs (C(OH)–C–C–N with tert-alkyl or cyclic N) is 1. The number of aliphatic hydroxyl groups is 1. The van der Waals surface area contributed by atoms with Crippen molar-refractivity contribution in [2.45, 2.75) is 52.0 Å². The zero-order chi connectivity index (χ0) is 17.8. The van der Waals surface area contributed by atoms with Crippen LogP contribution in [-0.4, -0.2) is 68.2 Å². The molecule has 136 valence electrons. The van der Waals surface area contributed by atoms with Crippen molar-refractivity contribution in [1.29, 1.82) is 0 Å². The van der Waals surface area contributed by atoms with Crippen LogP contribution in [0.2, 0.25) is 0 Å². The third-order valence-corrected chi connectivity index (χ3v) is 4.32. The molecule has 0 saturated carbocycles. The van der Waals surface area contributed by atoms with Gasteiger partial charge in [0.1, 0.15) is 0 Å². The molecule has 3 rings (SSSR count). The number of rotatable bonds is 6. The largest absolute Gasteiger partial charge is 0.390 e. The highest BCUT2D eigenvalue weighted by atomic mass is 16.5. The number of tetrazole rings is 1. The van der Waals surface area contributed by atoms with Gasteiger partial charge in [0.05, 0.1) is 24.9 Å². The van der Waals surface area contributed by atoms with Crippen LogP contribution in [0.3, 0.4) is 0 Å². The quantitative estimate of drug-likeness (QED) is 0.843. The van der Waals surface area contributed by atoms with Gasteiger partial charge in [-0.05, 0) is 31.5 Å². The highest BCUT2D eigenvalue weighted by Gasteiger charge is 2.24. The SMILES string of the molecule is Cc1ccc(Cc2nnn(CC(O)CN3CC(C)OC(C)C3)n2)cc1. The molecule has 0 radical (unpaired) electrons. The Bertz CT molecular complexity index is 662. The predicted octanol–water partition coefficient (Wildman–Crippen LogP) is 1.04. The van der Waals surface area contributed by atoms with Gasteiger partial charge in [-0.3, -0.25) is 4.90 Å². The van der Waals surface area contributed by atoms with Crippen molar-refractivity contribution < 1.29 is 9.84 Å². The van der Waals surface area contributed by atoms with Gasteiger partial charge in [0.2, 0.25) is 0 Å². The maximum Gasteiger partial charge on any atom is 0.179 e. The molecule has 1 aliphatic heterocycles. The molecule has 1 aliphatic rings. The summed E-state index contributed by atoms with van der Waals surface area (Å²) in [7, 11) is 0. The summed E-state index contributed by atoms with van der Waals surface area (Å²) >= 11 is 0. The van der Waals surface area contributed by atoms with E-state index in [0.717, 1.165) is 18.7 Å². The number of benzene rings is 1. The standard InChI is InChI=1S/C18H27N5O2/c1-13-4-6-16(7-5-13)8-18-19-21-23(20-18)12-17(24)11-22-9-14(2)25-15(3)10-22/h4-7,14-15,17,24H,8-12H2,1-3H3. The maximum atomic E-state index is 10.3. The second-order valence-corrected chi connectivity index (χ2v) is 7.05. The lowest BCUT2D eigenvalue weighted by Gasteiger charge is -2.36. The molecule has 7 heteroatoms. The number of hydrogen-bond acceptors (Lipinski definition) is 6. The minimum Gasteiger partial charge on any atom is -0.390 e. The van der Waals surface area contributed by atoms with Crippen LogP contribution < -0.4 is 0 Å². The Morgan fingerprint density at radius 3 is 2.52 bits per heavy atom. The van der Waals surface area contributed by atoms with E-state index < -0.39 is 6.10 Å². The Kier molecular flexibility index (Phi) is 5.78. The van der Waals surface area contributed by atoms with Crippen LogP contribution in [-0.2, 0) is 17.7 Å². The summed E-state index contributed by atoms with van der Waals surface area (Å²) in [4.78, 5) is 3.72. The zero-order valence-electron chi connectivity index (χ0n) is 15.2. The second-order valence-electron chi connectivity index (χ2n) is 7.05. The Labute approximate surface area is 148 Å². The van der Waals surface area contributed by atoms with Gasteiger partial charge >= 0.3 is 0 Å². The van der Waals surface area contributed by atoms with E-state index in [1.54, 1.807) is 0 Å². The molecule has 2 aromatic rings. The summed E-state index contributed by atoms with van der Waals surface area (Å²) in [5, 5.41) is 22.9. The molecule has 1 fully saturated rings. The second kappa shape index (κ2) is 8.03. The molecule has 0 spiro atoms. The van der Waals surface area contributed by atoms with E-state index in [4.69, 9.17) is 4.74 Å². The smallest absolute Gasteiger partial charge is 0.179 e. The molecule has 0 aliphatic carbocycles. The number of aryl methyl sites for hydroxylation is 1. The van der Waals surface area contributed by atoms with Crippen LogP contribution in [0, 0.1) is 6.92 Å². The third-order valence-electron chi connectivity index (χ3n) is 4.32. The number of ether oxygens (including phenoxy) is 1. The summed E-state index contributed by atoms with van der Waals surface area (Å²) in [6.07, 6.45) is 0.511. The van der Waals surface area contributed by atoms with Crippen LogP contribution in [0.15, 0.2) is 24.3 Å². The fraction of sp³-hybridized carbons (Fsp3) is 0.611. The van der Waals surface area contributed by atoms with Crippen molar-refractivity contribution in [2.75, 3.05) is 19.6 Å². The summed E-state index contributed by atoms with van der Waals surface area (Å²) in [5.74, 6) is 0.671. The lowest BCUT2D eigenvalue weighted by atomic mass is 10.1. The average molecular weight is 345 g/mol. The summed E-state index contributed by atoms with van der Waals surface area (Å²) in [5.41, 5.74) is 2.39. The molecular weight excluding hydrogens is 318 g/mol. The van der Waals surface area contributed by atoms with Crippen LogP contribution >= 0.6 is 0 Å². The molecule has 1 aromatic heterocycles. The van der Waals surface area contributed by atoms with Gasteiger partial charge in [0, 0.05) is 26.1 Å². The van der Waals surface area contributed by atoms with Crippen molar-refractivity contribution in [3.63, 3.8) is 0 Å². The molecule has 3 unspecified atom stereocenters. The van der Waals surface area contributed by atoms with Crippen LogP contribution in [0.25, 0.3) is 0 Å². The van der Waals surface area contributed by atoms with Gasteiger partial charge in [-0.25, -0.2) is 0 Å². The van der Waals surface area contributed by atoms with E-state index >= 15 is 0 Å². The minimum atomic E-state index is -0.529. The van der Waals surface area contributed by atoms with Gasteiger partial charge in [0.15, 0.2) is 5.82 Å². The first-order valence-corrected chi connectivity index (χ1v) is 8.86. The van der Waals surface area contributed by atoms with E-state index in [-0.39, 0.29) is 12.2 Å². The average Bonchev–Trinajstić information content (AvgIpc) is 2.95. The number of morpholine rings is 1. The maximum absolute atomic E-state index is 10.3. The van der Waals surface area contributed by atoms with E-state index in [9.17, 15) is 5.11 Å². The van der Waals surface area contributed by atoms with Crippen LogP contribution in [0.4, 0.5) is 0 Å². The monoisotopic (exact) mass is 345 g/mol. The number of hydrogen-bond donors (Lipinski definition) is 1. The molecule has 0 bridgehead atoms. The Morgan fingerprint density at radius 2 is 1.84 bits per heavy atom. The third kappa shape index (κ3) is 5.32. The van der Waals surface area contributed by atoms with E-state index in [0.29, 0.717) is 25.3 Å². The van der Waals surface area contributed by atoms with Gasteiger partial charge < -0.3 is 9.84 Å². The van der Waals surface area contributed by atoms with Gasteiger partial charge in [-0.1, -0.05) is 29.8 Å². The predicted molar refractivity (Wildman–Crippen MR) is 94.3 cm³/mol. The normalized spacial score (nSPS) is 22.9. The highest BCUT2D eigenvalue weighted by molar-refractivity contribution is 5.23. The first-order valence-electron chi connectivity index (χ1n) is 8.86. The molecule has 1 aromatic carbocycles. The summed E-state index contributed by atoms with van der Waals surface area (Å²) in [6.45, 7) is 8.80. The molecule has 1 N–H and O–H groups in total. The molecule has 3 atom stereocenters. The van der Waals surface area contributed by atoms with E-state index in [1.165, 1.54) is 10.4 Å². The number of nitrogens with zero attached hydrogens (tertiary/aromatic N) is 5. The highest BCUT2D eigenvalue weighted by Crippen LogP contribution is 2.11. The van der Waals surface area contributed by atoms with Crippen molar-refractivity contribution in [3.05, 3.63) is 41.2 Å². The summed E-state index contributed by atoms with van der Waals surface area (Å²) in [6, 6.07) is 8.30. The zero-order valence-corrected chi connectivity index (χ0v) is 15.2. The van der Waals surface area contributed by atoms with Gasteiger partial charge in [-0.2, -0.15) is 4.80 Å². The van der Waals surface area contributed by atoms with E-state index in [2.05, 4.69) is 65.3 Å². The molecule has 0 amide bonds. The van der Waals surface area contributed by atoms with Gasteiger partial charge in [0.25, 0.3) is 0 Å². The topological polar surface area (TPSA) is 76.3 Å².